The molecule has 0 bridgehead atoms. The van der Waals surface area contributed by atoms with E-state index in [9.17, 15) is 9.59 Å². The molecular weight excluding hydrogens is 292 g/mol. The van der Waals surface area contributed by atoms with Crippen molar-refractivity contribution in [3.05, 3.63) is 65.5 Å². The molecule has 1 unspecified atom stereocenters. The molecule has 3 rings (SSSR count). The van der Waals surface area contributed by atoms with E-state index in [1.54, 1.807) is 36.7 Å². The largest absolute Gasteiger partial charge is 0.465 e. The molecule has 1 aromatic heterocycles. The third kappa shape index (κ3) is 3.08. The molecule has 1 amide bonds. The zero-order valence-corrected chi connectivity index (χ0v) is 12.9. The highest BCUT2D eigenvalue weighted by molar-refractivity contribution is 5.96. The van der Waals surface area contributed by atoms with Crippen LogP contribution in [0.2, 0.25) is 0 Å². The lowest BCUT2D eigenvalue weighted by Crippen LogP contribution is -2.30. The summed E-state index contributed by atoms with van der Waals surface area (Å²) in [4.78, 5) is 30.2. The number of aromatic nitrogens is 1. The molecule has 118 valence electrons. The maximum absolute atomic E-state index is 12.8. The van der Waals surface area contributed by atoms with Crippen LogP contribution in [0.5, 0.6) is 0 Å². The normalized spacial score (nSPS) is 17.1. The number of carbonyl (C=O) groups excluding carboxylic acids is 2. The van der Waals surface area contributed by atoms with E-state index >= 15 is 0 Å². The Morgan fingerprint density at radius 3 is 2.39 bits per heavy atom. The fourth-order valence-electron chi connectivity index (χ4n) is 2.97. The second kappa shape index (κ2) is 6.60. The van der Waals surface area contributed by atoms with Crippen LogP contribution in [0.4, 0.5) is 0 Å². The van der Waals surface area contributed by atoms with Crippen LogP contribution in [0.15, 0.2) is 48.8 Å². The second-order valence-electron chi connectivity index (χ2n) is 5.51. The van der Waals surface area contributed by atoms with E-state index in [1.807, 2.05) is 17.0 Å². The Morgan fingerprint density at radius 2 is 1.74 bits per heavy atom. The van der Waals surface area contributed by atoms with Crippen LogP contribution in [0.3, 0.4) is 0 Å². The number of ether oxygens (including phenoxy) is 1. The van der Waals surface area contributed by atoms with Crippen molar-refractivity contribution in [1.29, 1.82) is 0 Å². The Kier molecular flexibility index (Phi) is 4.37. The van der Waals surface area contributed by atoms with Crippen LogP contribution in [0.1, 0.15) is 45.2 Å². The van der Waals surface area contributed by atoms with Gasteiger partial charge in [0.05, 0.1) is 18.7 Å². The van der Waals surface area contributed by atoms with E-state index < -0.39 is 5.97 Å². The monoisotopic (exact) mass is 310 g/mol. The fraction of sp³-hybridized carbons (Fsp3) is 0.278. The lowest BCUT2D eigenvalue weighted by molar-refractivity contribution is 0.0599. The van der Waals surface area contributed by atoms with E-state index in [4.69, 9.17) is 0 Å². The number of methoxy groups -OCH3 is 1. The highest BCUT2D eigenvalue weighted by atomic mass is 16.5. The van der Waals surface area contributed by atoms with E-state index in [0.717, 1.165) is 24.9 Å². The maximum atomic E-state index is 12.8. The maximum Gasteiger partial charge on any atom is 0.337 e. The fourth-order valence-corrected chi connectivity index (χ4v) is 2.97. The van der Waals surface area contributed by atoms with Crippen LogP contribution in [-0.4, -0.2) is 35.4 Å². The summed E-state index contributed by atoms with van der Waals surface area (Å²) in [5, 5.41) is 0. The van der Waals surface area contributed by atoms with Gasteiger partial charge in [0, 0.05) is 24.5 Å². The number of hydrogen-bond donors (Lipinski definition) is 0. The number of amides is 1. The molecule has 5 nitrogen and oxygen atoms in total. The highest BCUT2D eigenvalue weighted by Gasteiger charge is 2.30. The summed E-state index contributed by atoms with van der Waals surface area (Å²) in [6.45, 7) is 0.741. The third-order valence-electron chi connectivity index (χ3n) is 4.16. The molecule has 1 aliphatic rings. The standard InChI is InChI=1S/C18H18N2O3/c1-23-18(22)15-6-4-14(5-7-15)17(21)20-12-2-3-16(20)13-8-10-19-11-9-13/h4-11,16H,2-3,12H2,1H3. The SMILES string of the molecule is COC(=O)c1ccc(C(=O)N2CCCC2c2ccncc2)cc1. The molecule has 2 aromatic rings. The molecule has 0 saturated carbocycles. The average Bonchev–Trinajstić information content (AvgIpc) is 3.11. The molecule has 0 spiro atoms. The van der Waals surface area contributed by atoms with E-state index in [0.29, 0.717) is 11.1 Å². The van der Waals surface area contributed by atoms with Gasteiger partial charge in [0.1, 0.15) is 0 Å². The molecule has 23 heavy (non-hydrogen) atoms. The summed E-state index contributed by atoms with van der Waals surface area (Å²) in [5.74, 6) is -0.416. The first kappa shape index (κ1) is 15.2. The highest BCUT2D eigenvalue weighted by Crippen LogP contribution is 2.32. The molecular formula is C18H18N2O3. The topological polar surface area (TPSA) is 59.5 Å². The van der Waals surface area contributed by atoms with Crippen LogP contribution < -0.4 is 0 Å². The Bertz CT molecular complexity index is 698. The molecule has 0 aliphatic carbocycles. The van der Waals surface area contributed by atoms with Gasteiger partial charge in [-0.1, -0.05) is 0 Å². The first-order valence-corrected chi connectivity index (χ1v) is 7.60. The Balaban J connectivity index is 1.80. The smallest absolute Gasteiger partial charge is 0.337 e. The quantitative estimate of drug-likeness (QED) is 0.818. The van der Waals surface area contributed by atoms with Gasteiger partial charge < -0.3 is 9.64 Å². The van der Waals surface area contributed by atoms with Crippen LogP contribution in [0.25, 0.3) is 0 Å². The predicted molar refractivity (Wildman–Crippen MR) is 85.0 cm³/mol. The summed E-state index contributed by atoms with van der Waals surface area (Å²) >= 11 is 0. The van der Waals surface area contributed by atoms with Crippen LogP contribution in [-0.2, 0) is 4.74 Å². The van der Waals surface area contributed by atoms with Crippen molar-refractivity contribution in [2.45, 2.75) is 18.9 Å². The molecule has 1 atom stereocenters. The van der Waals surface area contributed by atoms with Crippen molar-refractivity contribution < 1.29 is 14.3 Å². The van der Waals surface area contributed by atoms with Crippen molar-refractivity contribution >= 4 is 11.9 Å². The van der Waals surface area contributed by atoms with Gasteiger partial charge in [0.2, 0.25) is 0 Å². The number of esters is 1. The van der Waals surface area contributed by atoms with Gasteiger partial charge >= 0.3 is 5.97 Å². The Hall–Kier alpha value is -2.69. The number of hydrogen-bond acceptors (Lipinski definition) is 4. The average molecular weight is 310 g/mol. The van der Waals surface area contributed by atoms with Crippen molar-refractivity contribution in [3.8, 4) is 0 Å². The van der Waals surface area contributed by atoms with Gasteiger partial charge in [-0.15, -0.1) is 0 Å². The number of rotatable bonds is 3. The first-order valence-electron chi connectivity index (χ1n) is 7.60. The van der Waals surface area contributed by atoms with E-state index in [-0.39, 0.29) is 11.9 Å². The van der Waals surface area contributed by atoms with Gasteiger partial charge in [-0.2, -0.15) is 0 Å². The Labute approximate surface area is 134 Å². The number of nitrogens with zero attached hydrogens (tertiary/aromatic N) is 2. The predicted octanol–water partition coefficient (Wildman–Crippen LogP) is 2.85. The summed E-state index contributed by atoms with van der Waals surface area (Å²) in [7, 11) is 1.34. The lowest BCUT2D eigenvalue weighted by Gasteiger charge is -2.25. The number of pyridine rings is 1. The van der Waals surface area contributed by atoms with Gasteiger partial charge in [0.15, 0.2) is 0 Å². The van der Waals surface area contributed by atoms with Gasteiger partial charge in [-0.05, 0) is 54.8 Å². The summed E-state index contributed by atoms with van der Waals surface area (Å²) in [6.07, 6.45) is 5.44. The van der Waals surface area contributed by atoms with Gasteiger partial charge in [-0.25, -0.2) is 4.79 Å². The Morgan fingerprint density at radius 1 is 1.09 bits per heavy atom. The molecule has 1 aliphatic heterocycles. The van der Waals surface area contributed by atoms with E-state index in [2.05, 4.69) is 9.72 Å². The zero-order chi connectivity index (χ0) is 16.2. The minimum Gasteiger partial charge on any atom is -0.465 e. The molecule has 2 heterocycles. The number of benzene rings is 1. The van der Waals surface area contributed by atoms with Gasteiger partial charge in [-0.3, -0.25) is 9.78 Å². The van der Waals surface area contributed by atoms with Crippen molar-refractivity contribution in [3.63, 3.8) is 0 Å². The van der Waals surface area contributed by atoms with E-state index in [1.165, 1.54) is 7.11 Å². The lowest BCUT2D eigenvalue weighted by atomic mass is 10.0. The minimum absolute atomic E-state index is 0.0132. The molecule has 1 fully saturated rings. The molecule has 0 N–H and O–H groups in total. The molecule has 5 heteroatoms. The van der Waals surface area contributed by atoms with Crippen LogP contribution >= 0.6 is 0 Å². The van der Waals surface area contributed by atoms with Crippen molar-refractivity contribution in [1.82, 2.24) is 9.88 Å². The molecule has 1 saturated heterocycles. The van der Waals surface area contributed by atoms with Crippen LogP contribution in [0, 0.1) is 0 Å². The number of carbonyl (C=O) groups is 2. The van der Waals surface area contributed by atoms with Gasteiger partial charge in [0.25, 0.3) is 5.91 Å². The summed E-state index contributed by atoms with van der Waals surface area (Å²) < 4.78 is 4.67. The summed E-state index contributed by atoms with van der Waals surface area (Å²) in [6, 6.07) is 10.6. The zero-order valence-electron chi connectivity index (χ0n) is 12.9. The molecule has 0 radical (unpaired) electrons. The summed E-state index contributed by atoms with van der Waals surface area (Å²) in [5.41, 5.74) is 2.13. The second-order valence-corrected chi connectivity index (χ2v) is 5.51. The van der Waals surface area contributed by atoms with Crippen molar-refractivity contribution in [2.24, 2.45) is 0 Å². The minimum atomic E-state index is -0.403. The first-order chi connectivity index (χ1) is 11.2. The molecule has 1 aromatic carbocycles. The third-order valence-corrected chi connectivity index (χ3v) is 4.16. The van der Waals surface area contributed by atoms with Crippen molar-refractivity contribution in [2.75, 3.05) is 13.7 Å². The number of likely N-dealkylation sites (tertiary alicyclic amines) is 1.